The van der Waals surface area contributed by atoms with Crippen LogP contribution in [0, 0.1) is 0 Å². The number of nitrogens with zero attached hydrogens (tertiary/aromatic N) is 5. The van der Waals surface area contributed by atoms with E-state index in [2.05, 4.69) is 15.0 Å². The van der Waals surface area contributed by atoms with Gasteiger partial charge in [-0.2, -0.15) is 5.10 Å². The van der Waals surface area contributed by atoms with Gasteiger partial charge in [0.2, 0.25) is 0 Å². The van der Waals surface area contributed by atoms with Crippen molar-refractivity contribution in [3.63, 3.8) is 0 Å². The van der Waals surface area contributed by atoms with Crippen LogP contribution in [0.15, 0.2) is 48.8 Å². The molecule has 2 aromatic heterocycles. The van der Waals surface area contributed by atoms with E-state index in [0.29, 0.717) is 35.1 Å². The quantitative estimate of drug-likeness (QED) is 0.626. The van der Waals surface area contributed by atoms with Gasteiger partial charge in [-0.15, -0.1) is 0 Å². The van der Waals surface area contributed by atoms with Crippen LogP contribution in [0.5, 0.6) is 0 Å². The number of amides is 1. The molecule has 0 N–H and O–H groups in total. The van der Waals surface area contributed by atoms with Crippen LogP contribution in [0.2, 0.25) is 10.0 Å². The van der Waals surface area contributed by atoms with Gasteiger partial charge in [0.25, 0.3) is 5.91 Å². The van der Waals surface area contributed by atoms with Gasteiger partial charge in [-0.25, -0.2) is 9.67 Å². The third kappa shape index (κ3) is 4.09. The van der Waals surface area contributed by atoms with E-state index < -0.39 is 0 Å². The van der Waals surface area contributed by atoms with Crippen LogP contribution >= 0.6 is 23.2 Å². The summed E-state index contributed by atoms with van der Waals surface area (Å²) in [6.45, 7) is 4.75. The lowest BCUT2D eigenvalue weighted by molar-refractivity contribution is 0.0745. The highest BCUT2D eigenvalue weighted by molar-refractivity contribution is 6.30. The number of aromatic nitrogens is 3. The van der Waals surface area contributed by atoms with Gasteiger partial charge in [0.05, 0.1) is 28.2 Å². The molecule has 1 saturated heterocycles. The zero-order valence-electron chi connectivity index (χ0n) is 16.1. The number of anilines is 1. The van der Waals surface area contributed by atoms with Crippen molar-refractivity contribution in [2.24, 2.45) is 0 Å². The molecule has 0 aliphatic carbocycles. The molecule has 0 atom stereocenters. The van der Waals surface area contributed by atoms with Crippen LogP contribution in [-0.2, 0) is 6.42 Å². The Bertz CT molecular complexity index is 1010. The topological polar surface area (TPSA) is 54.3 Å². The fraction of sp³-hybridized carbons (Fsp3) is 0.286. The van der Waals surface area contributed by atoms with Crippen LogP contribution in [0.1, 0.15) is 23.0 Å². The highest BCUT2D eigenvalue weighted by Gasteiger charge is 2.26. The van der Waals surface area contributed by atoms with Gasteiger partial charge in [-0.3, -0.25) is 4.79 Å². The van der Waals surface area contributed by atoms with Gasteiger partial charge < -0.3 is 9.80 Å². The van der Waals surface area contributed by atoms with Crippen LogP contribution in [-0.4, -0.2) is 51.8 Å². The minimum Gasteiger partial charge on any atom is -0.353 e. The molecule has 1 fully saturated rings. The average molecular weight is 430 g/mol. The van der Waals surface area contributed by atoms with E-state index in [1.54, 1.807) is 17.1 Å². The zero-order valence-corrected chi connectivity index (χ0v) is 17.6. The number of rotatable bonds is 4. The molecule has 0 saturated carbocycles. The van der Waals surface area contributed by atoms with Crippen molar-refractivity contribution >= 4 is 34.9 Å². The van der Waals surface area contributed by atoms with E-state index in [0.717, 1.165) is 30.3 Å². The van der Waals surface area contributed by atoms with Crippen LogP contribution in [0.4, 0.5) is 5.82 Å². The van der Waals surface area contributed by atoms with Gasteiger partial charge in [0, 0.05) is 37.4 Å². The molecule has 0 spiro atoms. The summed E-state index contributed by atoms with van der Waals surface area (Å²) >= 11 is 12.0. The Balaban J connectivity index is 1.50. The predicted molar refractivity (Wildman–Crippen MR) is 115 cm³/mol. The van der Waals surface area contributed by atoms with Crippen molar-refractivity contribution in [3.05, 3.63) is 70.1 Å². The normalized spacial score (nSPS) is 14.3. The summed E-state index contributed by atoms with van der Waals surface area (Å²) in [4.78, 5) is 21.6. The van der Waals surface area contributed by atoms with E-state index in [4.69, 9.17) is 23.2 Å². The summed E-state index contributed by atoms with van der Waals surface area (Å²) in [6, 6.07) is 11.2. The Labute approximate surface area is 179 Å². The number of carbonyl (C=O) groups is 1. The van der Waals surface area contributed by atoms with Crippen molar-refractivity contribution in [2.75, 3.05) is 31.1 Å². The molecule has 1 aliphatic heterocycles. The third-order valence-electron chi connectivity index (χ3n) is 5.09. The van der Waals surface area contributed by atoms with Gasteiger partial charge in [0.1, 0.15) is 5.82 Å². The molecule has 3 aromatic rings. The number of hydrogen-bond acceptors (Lipinski definition) is 4. The maximum Gasteiger partial charge on any atom is 0.257 e. The molecular weight excluding hydrogens is 409 g/mol. The lowest BCUT2D eigenvalue weighted by Crippen LogP contribution is -2.49. The summed E-state index contributed by atoms with van der Waals surface area (Å²) in [6.07, 6.45) is 4.00. The van der Waals surface area contributed by atoms with Crippen molar-refractivity contribution in [3.8, 4) is 5.69 Å². The maximum absolute atomic E-state index is 13.2. The molecule has 4 rings (SSSR count). The van der Waals surface area contributed by atoms with Gasteiger partial charge >= 0.3 is 0 Å². The number of benzene rings is 1. The SMILES string of the molecule is CCc1c(C(=O)N2CCN(c3ccc(Cl)cn3)CC2)cnn1-c1cccc(Cl)c1. The molecule has 1 aromatic carbocycles. The fourth-order valence-electron chi connectivity index (χ4n) is 3.59. The number of halogens is 2. The monoisotopic (exact) mass is 429 g/mol. The molecule has 8 heteroatoms. The van der Waals surface area contributed by atoms with Crippen molar-refractivity contribution in [1.82, 2.24) is 19.7 Å². The zero-order chi connectivity index (χ0) is 20.4. The second kappa shape index (κ2) is 8.43. The molecule has 6 nitrogen and oxygen atoms in total. The Morgan fingerprint density at radius 2 is 1.83 bits per heavy atom. The Kier molecular flexibility index (Phi) is 5.74. The smallest absolute Gasteiger partial charge is 0.257 e. The molecular formula is C21H21Cl2N5O. The highest BCUT2D eigenvalue weighted by atomic mass is 35.5. The Morgan fingerprint density at radius 3 is 2.48 bits per heavy atom. The first-order valence-corrected chi connectivity index (χ1v) is 10.3. The van der Waals surface area contributed by atoms with E-state index in [1.165, 1.54) is 0 Å². The average Bonchev–Trinajstić information content (AvgIpc) is 3.18. The second-order valence-corrected chi connectivity index (χ2v) is 7.74. The summed E-state index contributed by atoms with van der Waals surface area (Å²) in [5.41, 5.74) is 2.39. The van der Waals surface area contributed by atoms with E-state index in [-0.39, 0.29) is 5.91 Å². The summed E-state index contributed by atoms with van der Waals surface area (Å²) in [5.74, 6) is 0.892. The molecule has 0 unspecified atom stereocenters. The number of hydrogen-bond donors (Lipinski definition) is 0. The van der Waals surface area contributed by atoms with Crippen molar-refractivity contribution < 1.29 is 4.79 Å². The van der Waals surface area contributed by atoms with Crippen molar-refractivity contribution in [1.29, 1.82) is 0 Å². The summed E-state index contributed by atoms with van der Waals surface area (Å²) in [7, 11) is 0. The Morgan fingerprint density at radius 1 is 1.03 bits per heavy atom. The summed E-state index contributed by atoms with van der Waals surface area (Å²) in [5, 5.41) is 5.72. The fourth-order valence-corrected chi connectivity index (χ4v) is 3.88. The van der Waals surface area contributed by atoms with Crippen LogP contribution < -0.4 is 4.90 Å². The van der Waals surface area contributed by atoms with Gasteiger partial charge in [-0.05, 0) is 36.8 Å². The van der Waals surface area contributed by atoms with E-state index in [1.807, 2.05) is 48.2 Å². The molecule has 0 bridgehead atoms. The summed E-state index contributed by atoms with van der Waals surface area (Å²) < 4.78 is 1.80. The number of pyridine rings is 1. The third-order valence-corrected chi connectivity index (χ3v) is 5.55. The van der Waals surface area contributed by atoms with E-state index >= 15 is 0 Å². The standard InChI is InChI=1S/C21H21Cl2N5O/c1-2-19-18(14-25-28(19)17-5-3-4-15(22)12-17)21(29)27-10-8-26(9-11-27)20-7-6-16(23)13-24-20/h3-7,12-14H,2,8-11H2,1H3. The molecule has 29 heavy (non-hydrogen) atoms. The predicted octanol–water partition coefficient (Wildman–Crippen LogP) is 4.10. The molecule has 1 aliphatic rings. The largest absolute Gasteiger partial charge is 0.353 e. The second-order valence-electron chi connectivity index (χ2n) is 6.86. The first kappa shape index (κ1) is 19.7. The molecule has 0 radical (unpaired) electrons. The minimum absolute atomic E-state index is 0.0128. The molecule has 3 heterocycles. The maximum atomic E-state index is 13.2. The van der Waals surface area contributed by atoms with Gasteiger partial charge in [0.15, 0.2) is 0 Å². The van der Waals surface area contributed by atoms with Crippen molar-refractivity contribution in [2.45, 2.75) is 13.3 Å². The van der Waals surface area contributed by atoms with E-state index in [9.17, 15) is 4.79 Å². The van der Waals surface area contributed by atoms with Crippen LogP contribution in [0.3, 0.4) is 0 Å². The number of piperazine rings is 1. The van der Waals surface area contributed by atoms with Gasteiger partial charge in [-0.1, -0.05) is 36.2 Å². The van der Waals surface area contributed by atoms with Crippen LogP contribution in [0.25, 0.3) is 5.69 Å². The lowest BCUT2D eigenvalue weighted by Gasteiger charge is -2.35. The lowest BCUT2D eigenvalue weighted by atomic mass is 10.1. The molecule has 1 amide bonds. The number of carbonyl (C=O) groups excluding carboxylic acids is 1. The molecule has 150 valence electrons. The highest BCUT2D eigenvalue weighted by Crippen LogP contribution is 2.22. The Hall–Kier alpha value is -2.57. The first-order valence-electron chi connectivity index (χ1n) is 9.55. The first-order chi connectivity index (χ1) is 14.1. The minimum atomic E-state index is 0.0128.